The Labute approximate surface area is 157 Å². The summed E-state index contributed by atoms with van der Waals surface area (Å²) in [6.45, 7) is 5.67. The molecule has 0 aromatic heterocycles. The quantitative estimate of drug-likeness (QED) is 0.630. The van der Waals surface area contributed by atoms with E-state index in [9.17, 15) is 19.2 Å². The summed E-state index contributed by atoms with van der Waals surface area (Å²) in [7, 11) is 5.90. The Morgan fingerprint density at radius 1 is 0.560 bits per heavy atom. The van der Waals surface area contributed by atoms with E-state index >= 15 is 0 Å². The molecule has 25 heavy (non-hydrogen) atoms. The Morgan fingerprint density at radius 2 is 0.640 bits per heavy atom. The van der Waals surface area contributed by atoms with E-state index in [-0.39, 0.29) is 60.9 Å². The molecule has 0 aromatic rings. The Hall–Kier alpha value is -2.12. The number of rotatable bonds is 0. The molecule has 0 aromatic carbocycles. The van der Waals surface area contributed by atoms with Gasteiger partial charge in [0.25, 0.3) is 0 Å². The van der Waals surface area contributed by atoms with Crippen LogP contribution in [0.25, 0.3) is 0 Å². The van der Waals surface area contributed by atoms with Gasteiger partial charge in [-0.15, -0.1) is 0 Å². The van der Waals surface area contributed by atoms with E-state index in [0.717, 1.165) is 0 Å². The standard InChI is InChI=1S/2C3H7NO.2C3H6O2.5CH4/c2*1-3(5)4-2;2*1-3(4)5-2;;;;;/h2*1-2H3,(H,4,5);2*1-2H3;5*1H4. The summed E-state index contributed by atoms with van der Waals surface area (Å²) in [6, 6.07) is 0. The molecule has 0 aliphatic heterocycles. The van der Waals surface area contributed by atoms with Gasteiger partial charge in [-0.3, -0.25) is 19.2 Å². The maximum absolute atomic E-state index is 9.70. The van der Waals surface area contributed by atoms with Crippen LogP contribution in [0.2, 0.25) is 0 Å². The molecule has 0 aliphatic rings. The monoisotopic (exact) mass is 374 g/mol. The Kier molecular flexibility index (Phi) is 113. The second-order valence-electron chi connectivity index (χ2n) is 3.00. The van der Waals surface area contributed by atoms with Gasteiger partial charge in [-0.2, -0.15) is 0 Å². The fraction of sp³-hybridized carbons (Fsp3) is 0.765. The van der Waals surface area contributed by atoms with Crippen LogP contribution in [0, 0.1) is 0 Å². The van der Waals surface area contributed by atoms with E-state index < -0.39 is 0 Å². The van der Waals surface area contributed by atoms with Gasteiger partial charge in [-0.1, -0.05) is 37.1 Å². The summed E-state index contributed by atoms with van der Waals surface area (Å²) < 4.78 is 8.22. The fourth-order valence-electron chi connectivity index (χ4n) is 0. The smallest absolute Gasteiger partial charge is 0.302 e. The molecule has 2 N–H and O–H groups in total. The Morgan fingerprint density at radius 3 is 0.640 bits per heavy atom. The minimum Gasteiger partial charge on any atom is -0.469 e. The summed E-state index contributed by atoms with van der Waals surface area (Å²) in [5, 5.41) is 4.78. The number of amides is 2. The normalized spacial score (nSPS) is 5.44. The first-order valence-corrected chi connectivity index (χ1v) is 5.54. The van der Waals surface area contributed by atoms with Crippen LogP contribution in [-0.4, -0.2) is 52.1 Å². The highest BCUT2D eigenvalue weighted by Crippen LogP contribution is 1.60. The van der Waals surface area contributed by atoms with Crippen LogP contribution < -0.4 is 10.6 Å². The molecule has 160 valence electrons. The molecular weight excluding hydrogens is 328 g/mol. The number of hydrogen-bond acceptors (Lipinski definition) is 6. The molecule has 0 unspecified atom stereocenters. The van der Waals surface area contributed by atoms with E-state index in [1.54, 1.807) is 14.1 Å². The highest BCUT2D eigenvalue weighted by atomic mass is 16.5. The molecule has 2 amide bonds. The zero-order valence-corrected chi connectivity index (χ0v) is 13.4. The largest absolute Gasteiger partial charge is 0.469 e. The molecule has 0 spiro atoms. The topological polar surface area (TPSA) is 111 Å². The van der Waals surface area contributed by atoms with Crippen LogP contribution in [-0.2, 0) is 28.7 Å². The van der Waals surface area contributed by atoms with Crippen LogP contribution in [0.5, 0.6) is 0 Å². The first-order valence-electron chi connectivity index (χ1n) is 5.54. The molecule has 0 bridgehead atoms. The number of methoxy groups -OCH3 is 2. The first-order chi connectivity index (χ1) is 9.08. The van der Waals surface area contributed by atoms with Crippen LogP contribution in [0.1, 0.15) is 64.8 Å². The summed E-state index contributed by atoms with van der Waals surface area (Å²) in [5.41, 5.74) is 0. The van der Waals surface area contributed by atoms with Gasteiger partial charge in [0.1, 0.15) is 0 Å². The van der Waals surface area contributed by atoms with Gasteiger partial charge in [0.2, 0.25) is 11.8 Å². The van der Waals surface area contributed by atoms with Crippen molar-refractivity contribution in [1.29, 1.82) is 0 Å². The Bertz CT molecular complexity index is 226. The van der Waals surface area contributed by atoms with Gasteiger partial charge in [0, 0.05) is 41.8 Å². The van der Waals surface area contributed by atoms with Gasteiger partial charge < -0.3 is 20.1 Å². The summed E-state index contributed by atoms with van der Waals surface area (Å²) in [4.78, 5) is 38.6. The lowest BCUT2D eigenvalue weighted by Crippen LogP contribution is -2.11. The van der Waals surface area contributed by atoms with E-state index in [4.69, 9.17) is 0 Å². The minimum absolute atomic E-state index is 0. The summed E-state index contributed by atoms with van der Waals surface area (Å²) >= 11 is 0. The van der Waals surface area contributed by atoms with Crippen molar-refractivity contribution >= 4 is 23.8 Å². The molecular formula is C17H46N2O6. The molecule has 0 radical (unpaired) electrons. The minimum atomic E-state index is -0.245. The second-order valence-corrected chi connectivity index (χ2v) is 3.00. The highest BCUT2D eigenvalue weighted by Gasteiger charge is 1.76. The van der Waals surface area contributed by atoms with Crippen molar-refractivity contribution < 1.29 is 28.7 Å². The zero-order chi connectivity index (χ0) is 17.1. The number of carbonyl (C=O) groups excluding carboxylic acids is 4. The zero-order valence-electron chi connectivity index (χ0n) is 13.4. The van der Waals surface area contributed by atoms with Crippen molar-refractivity contribution in [3.8, 4) is 0 Å². The number of esters is 2. The second kappa shape index (κ2) is 49.5. The highest BCUT2D eigenvalue weighted by molar-refractivity contribution is 5.72. The maximum Gasteiger partial charge on any atom is 0.302 e. The van der Waals surface area contributed by atoms with E-state index in [0.29, 0.717) is 0 Å². The summed E-state index contributed by atoms with van der Waals surface area (Å²) in [5.74, 6) is -0.481. The lowest BCUT2D eigenvalue weighted by atomic mass is 10.7. The van der Waals surface area contributed by atoms with Gasteiger partial charge in [-0.05, 0) is 0 Å². The van der Waals surface area contributed by atoms with Crippen LogP contribution in [0.4, 0.5) is 0 Å². The van der Waals surface area contributed by atoms with Gasteiger partial charge >= 0.3 is 11.9 Å². The van der Waals surface area contributed by atoms with Crippen LogP contribution >= 0.6 is 0 Å². The SMILES string of the molecule is C.C.C.C.C.CNC(C)=O.CNC(C)=O.COC(C)=O.COC(C)=O. The van der Waals surface area contributed by atoms with Crippen LogP contribution in [0.15, 0.2) is 0 Å². The van der Waals surface area contributed by atoms with Crippen molar-refractivity contribution in [2.75, 3.05) is 28.3 Å². The number of hydrogen-bond donors (Lipinski definition) is 2. The average Bonchev–Trinajstić information content (AvgIpc) is 2.40. The first kappa shape index (κ1) is 56.9. The maximum atomic E-state index is 9.70. The fourth-order valence-corrected chi connectivity index (χ4v) is 0. The van der Waals surface area contributed by atoms with Gasteiger partial charge in [-0.25, -0.2) is 0 Å². The average molecular weight is 375 g/mol. The van der Waals surface area contributed by atoms with Crippen molar-refractivity contribution in [2.45, 2.75) is 64.8 Å². The lowest BCUT2D eigenvalue weighted by molar-refractivity contribution is -0.138. The molecule has 8 nitrogen and oxygen atoms in total. The molecule has 0 saturated heterocycles. The van der Waals surface area contributed by atoms with Crippen molar-refractivity contribution in [1.82, 2.24) is 10.6 Å². The van der Waals surface area contributed by atoms with E-state index in [1.165, 1.54) is 41.9 Å². The van der Waals surface area contributed by atoms with Crippen LogP contribution in [0.3, 0.4) is 0 Å². The predicted octanol–water partition coefficient (Wildman–Crippen LogP) is 3.04. The van der Waals surface area contributed by atoms with Crippen molar-refractivity contribution in [2.24, 2.45) is 0 Å². The van der Waals surface area contributed by atoms with Crippen molar-refractivity contribution in [3.05, 3.63) is 0 Å². The van der Waals surface area contributed by atoms with Gasteiger partial charge in [0.15, 0.2) is 0 Å². The van der Waals surface area contributed by atoms with Crippen molar-refractivity contribution in [3.63, 3.8) is 0 Å². The van der Waals surface area contributed by atoms with E-state index in [2.05, 4.69) is 20.1 Å². The molecule has 0 aliphatic carbocycles. The van der Waals surface area contributed by atoms with Gasteiger partial charge in [0.05, 0.1) is 14.2 Å². The molecule has 0 atom stereocenters. The molecule has 0 heterocycles. The number of carbonyl (C=O) groups is 4. The molecule has 0 fully saturated rings. The molecule has 8 heteroatoms. The number of nitrogens with one attached hydrogen (secondary N) is 2. The third-order valence-electron chi connectivity index (χ3n) is 1.28. The lowest BCUT2D eigenvalue weighted by Gasteiger charge is -1.80. The third-order valence-corrected chi connectivity index (χ3v) is 1.28. The molecule has 0 rings (SSSR count). The Balaban J connectivity index is -0.0000000183. The predicted molar refractivity (Wildman–Crippen MR) is 109 cm³/mol. The number of ether oxygens (including phenoxy) is 2. The third kappa shape index (κ3) is 250. The van der Waals surface area contributed by atoms with E-state index in [1.807, 2.05) is 0 Å². The molecule has 0 saturated carbocycles. The summed E-state index contributed by atoms with van der Waals surface area (Å²) in [6.07, 6.45) is 0.